The molecule has 0 spiro atoms. The van der Waals surface area contributed by atoms with Crippen LogP contribution in [0.15, 0.2) is 18.2 Å². The summed E-state index contributed by atoms with van der Waals surface area (Å²) in [5.74, 6) is 1.37. The van der Waals surface area contributed by atoms with Crippen molar-refractivity contribution in [1.29, 1.82) is 0 Å². The van der Waals surface area contributed by atoms with Crippen molar-refractivity contribution in [2.45, 2.75) is 32.4 Å². The Labute approximate surface area is 105 Å². The van der Waals surface area contributed by atoms with Crippen molar-refractivity contribution in [3.8, 4) is 11.4 Å². The summed E-state index contributed by atoms with van der Waals surface area (Å²) in [5.41, 5.74) is 7.48. The van der Waals surface area contributed by atoms with Crippen molar-refractivity contribution in [2.24, 2.45) is 5.73 Å². The van der Waals surface area contributed by atoms with Crippen LogP contribution in [0.4, 0.5) is 4.39 Å². The Bertz CT molecular complexity index is 587. The number of benzene rings is 1. The van der Waals surface area contributed by atoms with Gasteiger partial charge >= 0.3 is 0 Å². The maximum absolute atomic E-state index is 13.1. The molecule has 0 unspecified atom stereocenters. The molecule has 0 amide bonds. The molecule has 0 bridgehead atoms. The van der Waals surface area contributed by atoms with Crippen LogP contribution in [0.5, 0.6) is 0 Å². The van der Waals surface area contributed by atoms with Crippen LogP contribution in [-0.4, -0.2) is 14.8 Å². The molecule has 0 atom stereocenters. The van der Waals surface area contributed by atoms with Gasteiger partial charge < -0.3 is 10.3 Å². The highest BCUT2D eigenvalue weighted by Crippen LogP contribution is 2.39. The lowest BCUT2D eigenvalue weighted by Gasteiger charge is -2.09. The number of aryl methyl sites for hydroxylation is 1. The van der Waals surface area contributed by atoms with Crippen molar-refractivity contribution in [1.82, 2.24) is 14.8 Å². The molecule has 1 heterocycles. The summed E-state index contributed by atoms with van der Waals surface area (Å²) >= 11 is 0. The summed E-state index contributed by atoms with van der Waals surface area (Å²) in [5, 5.41) is 8.35. The molecule has 1 saturated carbocycles. The Morgan fingerprint density at radius 3 is 2.78 bits per heavy atom. The Morgan fingerprint density at radius 2 is 2.17 bits per heavy atom. The molecule has 94 valence electrons. The number of hydrogen-bond acceptors (Lipinski definition) is 3. The van der Waals surface area contributed by atoms with E-state index in [0.717, 1.165) is 35.6 Å². The van der Waals surface area contributed by atoms with E-state index in [9.17, 15) is 4.39 Å². The highest BCUT2D eigenvalue weighted by Gasteiger charge is 2.29. The second-order valence-electron chi connectivity index (χ2n) is 4.70. The predicted molar refractivity (Wildman–Crippen MR) is 66.3 cm³/mol. The van der Waals surface area contributed by atoms with Crippen molar-refractivity contribution >= 4 is 0 Å². The first-order chi connectivity index (χ1) is 8.70. The molecular formula is C13H15FN4. The highest BCUT2D eigenvalue weighted by atomic mass is 19.1. The van der Waals surface area contributed by atoms with Gasteiger partial charge in [0.1, 0.15) is 11.6 Å². The quantitative estimate of drug-likeness (QED) is 0.903. The first-order valence-corrected chi connectivity index (χ1v) is 6.11. The van der Waals surface area contributed by atoms with E-state index in [4.69, 9.17) is 5.73 Å². The highest BCUT2D eigenvalue weighted by molar-refractivity contribution is 5.60. The van der Waals surface area contributed by atoms with Gasteiger partial charge in [-0.2, -0.15) is 0 Å². The van der Waals surface area contributed by atoms with Gasteiger partial charge in [0.25, 0.3) is 0 Å². The van der Waals surface area contributed by atoms with E-state index < -0.39 is 0 Å². The maximum atomic E-state index is 13.1. The first kappa shape index (κ1) is 11.3. The molecule has 3 rings (SSSR count). The maximum Gasteiger partial charge on any atom is 0.164 e. The van der Waals surface area contributed by atoms with Crippen molar-refractivity contribution in [3.05, 3.63) is 35.4 Å². The van der Waals surface area contributed by atoms with Crippen LogP contribution in [-0.2, 0) is 6.54 Å². The van der Waals surface area contributed by atoms with E-state index in [-0.39, 0.29) is 5.82 Å². The smallest absolute Gasteiger partial charge is 0.164 e. The Morgan fingerprint density at radius 1 is 1.39 bits per heavy atom. The van der Waals surface area contributed by atoms with Crippen molar-refractivity contribution in [2.75, 3.05) is 0 Å². The minimum absolute atomic E-state index is 0.229. The van der Waals surface area contributed by atoms with Gasteiger partial charge in [0, 0.05) is 11.6 Å². The van der Waals surface area contributed by atoms with Gasteiger partial charge in [0.2, 0.25) is 0 Å². The third-order valence-corrected chi connectivity index (χ3v) is 3.29. The molecule has 0 saturated heterocycles. The third-order valence-electron chi connectivity index (χ3n) is 3.29. The number of nitrogens with zero attached hydrogens (tertiary/aromatic N) is 3. The Hall–Kier alpha value is -1.75. The molecular weight excluding hydrogens is 231 g/mol. The van der Waals surface area contributed by atoms with Gasteiger partial charge in [-0.15, -0.1) is 10.2 Å². The molecule has 1 aromatic carbocycles. The summed E-state index contributed by atoms with van der Waals surface area (Å²) in [6.07, 6.45) is 2.27. The van der Waals surface area contributed by atoms with Gasteiger partial charge in [-0.05, 0) is 43.5 Å². The van der Waals surface area contributed by atoms with E-state index in [1.165, 1.54) is 12.1 Å². The summed E-state index contributed by atoms with van der Waals surface area (Å²) in [6, 6.07) is 5.19. The molecule has 18 heavy (non-hydrogen) atoms. The summed E-state index contributed by atoms with van der Waals surface area (Å²) < 4.78 is 15.2. The molecule has 1 aliphatic rings. The van der Waals surface area contributed by atoms with Crippen LogP contribution in [0, 0.1) is 12.7 Å². The van der Waals surface area contributed by atoms with Crippen LogP contribution in [0.3, 0.4) is 0 Å². The van der Waals surface area contributed by atoms with Gasteiger partial charge in [0.15, 0.2) is 5.82 Å². The SMILES string of the molecule is Cc1cc(F)ccc1-c1nnc(CN)n1C1CC1. The lowest BCUT2D eigenvalue weighted by atomic mass is 10.1. The lowest BCUT2D eigenvalue weighted by molar-refractivity contribution is 0.626. The average molecular weight is 246 g/mol. The molecule has 0 radical (unpaired) electrons. The van der Waals surface area contributed by atoms with Crippen LogP contribution in [0.2, 0.25) is 0 Å². The van der Waals surface area contributed by atoms with Crippen molar-refractivity contribution in [3.63, 3.8) is 0 Å². The van der Waals surface area contributed by atoms with Crippen LogP contribution in [0.1, 0.15) is 30.3 Å². The van der Waals surface area contributed by atoms with E-state index in [2.05, 4.69) is 14.8 Å². The zero-order chi connectivity index (χ0) is 12.7. The van der Waals surface area contributed by atoms with Crippen LogP contribution < -0.4 is 5.73 Å². The molecule has 5 heteroatoms. The third kappa shape index (κ3) is 1.80. The van der Waals surface area contributed by atoms with Gasteiger partial charge in [-0.25, -0.2) is 4.39 Å². The predicted octanol–water partition coefficient (Wildman–Crippen LogP) is 2.19. The summed E-state index contributed by atoms with van der Waals surface area (Å²) in [4.78, 5) is 0. The number of halogens is 1. The average Bonchev–Trinajstić information content (AvgIpc) is 3.09. The Kier molecular flexibility index (Phi) is 2.63. The zero-order valence-corrected chi connectivity index (χ0v) is 10.2. The fraction of sp³-hybridized carbons (Fsp3) is 0.385. The van der Waals surface area contributed by atoms with Gasteiger partial charge in [-0.1, -0.05) is 0 Å². The lowest BCUT2D eigenvalue weighted by Crippen LogP contribution is -2.08. The zero-order valence-electron chi connectivity index (χ0n) is 10.2. The number of nitrogens with two attached hydrogens (primary N) is 1. The molecule has 0 aliphatic heterocycles. The monoisotopic (exact) mass is 246 g/mol. The minimum Gasteiger partial charge on any atom is -0.324 e. The summed E-state index contributed by atoms with van der Waals surface area (Å²) in [6.45, 7) is 2.26. The van der Waals surface area contributed by atoms with Gasteiger partial charge in [-0.3, -0.25) is 0 Å². The minimum atomic E-state index is -0.229. The molecule has 2 aromatic rings. The van der Waals surface area contributed by atoms with Crippen molar-refractivity contribution < 1.29 is 4.39 Å². The number of hydrogen-bond donors (Lipinski definition) is 1. The van der Waals surface area contributed by atoms with Gasteiger partial charge in [0.05, 0.1) is 6.54 Å². The summed E-state index contributed by atoms with van der Waals surface area (Å²) in [7, 11) is 0. The van der Waals surface area contributed by atoms with Crippen LogP contribution >= 0.6 is 0 Å². The second-order valence-corrected chi connectivity index (χ2v) is 4.70. The number of rotatable bonds is 3. The number of aromatic nitrogens is 3. The largest absolute Gasteiger partial charge is 0.324 e. The molecule has 2 N–H and O–H groups in total. The normalized spacial score (nSPS) is 15.1. The molecule has 4 nitrogen and oxygen atoms in total. The van der Waals surface area contributed by atoms with E-state index in [1.807, 2.05) is 6.92 Å². The first-order valence-electron chi connectivity index (χ1n) is 6.11. The van der Waals surface area contributed by atoms with E-state index in [1.54, 1.807) is 6.07 Å². The standard InChI is InChI=1S/C13H15FN4/c1-8-6-9(14)2-5-11(8)13-17-16-12(7-15)18(13)10-3-4-10/h2,5-6,10H,3-4,7,15H2,1H3. The fourth-order valence-electron chi connectivity index (χ4n) is 2.24. The van der Waals surface area contributed by atoms with E-state index in [0.29, 0.717) is 12.6 Å². The molecule has 1 aromatic heterocycles. The second kappa shape index (κ2) is 4.17. The van der Waals surface area contributed by atoms with Crippen LogP contribution in [0.25, 0.3) is 11.4 Å². The Balaban J connectivity index is 2.13. The topological polar surface area (TPSA) is 56.7 Å². The molecule has 1 aliphatic carbocycles. The fourth-order valence-corrected chi connectivity index (χ4v) is 2.24. The molecule has 1 fully saturated rings. The van der Waals surface area contributed by atoms with E-state index >= 15 is 0 Å².